The largest absolute Gasteiger partial charge is 0.350 e. The molecular formula is C19H24ClN3O. The number of aromatic nitrogens is 1. The van der Waals surface area contributed by atoms with Gasteiger partial charge in [0, 0.05) is 23.0 Å². The molecule has 0 radical (unpaired) electrons. The number of nitrogens with zero attached hydrogens (tertiary/aromatic N) is 2. The second-order valence-corrected chi connectivity index (χ2v) is 7.47. The molecule has 0 aliphatic carbocycles. The number of halogens is 1. The number of likely N-dealkylation sites (tertiary alicyclic amines) is 1. The van der Waals surface area contributed by atoms with E-state index in [0.29, 0.717) is 17.3 Å². The maximum absolute atomic E-state index is 12.5. The van der Waals surface area contributed by atoms with Gasteiger partial charge in [0.05, 0.1) is 5.52 Å². The maximum atomic E-state index is 12.5. The van der Waals surface area contributed by atoms with Crippen molar-refractivity contribution in [1.82, 2.24) is 15.2 Å². The van der Waals surface area contributed by atoms with Crippen molar-refractivity contribution in [2.45, 2.75) is 38.6 Å². The van der Waals surface area contributed by atoms with Crippen molar-refractivity contribution in [3.05, 3.63) is 41.0 Å². The lowest BCUT2D eigenvalue weighted by molar-refractivity contribution is 0.0797. The van der Waals surface area contributed by atoms with Gasteiger partial charge in [0.25, 0.3) is 5.91 Å². The zero-order valence-corrected chi connectivity index (χ0v) is 15.1. The normalized spacial score (nSPS) is 16.3. The Bertz CT molecular complexity index is 738. The first kappa shape index (κ1) is 17.2. The molecule has 0 unspecified atom stereocenters. The van der Waals surface area contributed by atoms with Crippen molar-refractivity contribution >= 4 is 28.4 Å². The zero-order valence-electron chi connectivity index (χ0n) is 14.3. The quantitative estimate of drug-likeness (QED) is 0.855. The van der Waals surface area contributed by atoms with Crippen LogP contribution in [0.5, 0.6) is 0 Å². The molecule has 1 aromatic carbocycles. The summed E-state index contributed by atoms with van der Waals surface area (Å²) in [5.41, 5.74) is 1.43. The molecule has 0 atom stereocenters. The predicted octanol–water partition coefficient (Wildman–Crippen LogP) is 3.88. The van der Waals surface area contributed by atoms with Crippen LogP contribution in [-0.4, -0.2) is 41.0 Å². The SMILES string of the molecule is CC(C)(CNC(=O)c1ccc2nc(Cl)ccc2c1)N1CCCCC1. The van der Waals surface area contributed by atoms with Gasteiger partial charge in [0.2, 0.25) is 0 Å². The van der Waals surface area contributed by atoms with Gasteiger partial charge in [0.15, 0.2) is 0 Å². The molecule has 1 aliphatic rings. The number of piperidine rings is 1. The Morgan fingerprint density at radius 3 is 2.71 bits per heavy atom. The van der Waals surface area contributed by atoms with E-state index in [-0.39, 0.29) is 11.4 Å². The van der Waals surface area contributed by atoms with Crippen LogP contribution in [-0.2, 0) is 0 Å². The molecule has 1 N–H and O–H groups in total. The first-order valence-corrected chi connectivity index (χ1v) is 8.93. The van der Waals surface area contributed by atoms with E-state index in [1.807, 2.05) is 18.2 Å². The fourth-order valence-electron chi connectivity index (χ4n) is 3.25. The molecule has 128 valence electrons. The van der Waals surface area contributed by atoms with E-state index in [2.05, 4.69) is 29.0 Å². The standard InChI is InChI=1S/C19H24ClN3O/c1-19(2,23-10-4-3-5-11-23)13-21-18(24)15-6-8-16-14(12-15)7-9-17(20)22-16/h6-9,12H,3-5,10-11,13H2,1-2H3,(H,21,24). The molecule has 24 heavy (non-hydrogen) atoms. The summed E-state index contributed by atoms with van der Waals surface area (Å²) in [7, 11) is 0. The minimum absolute atomic E-state index is 0.0258. The molecule has 0 bridgehead atoms. The summed E-state index contributed by atoms with van der Waals surface area (Å²) in [6.45, 7) is 7.27. The van der Waals surface area contributed by atoms with Crippen LogP contribution in [0.2, 0.25) is 5.15 Å². The van der Waals surface area contributed by atoms with Crippen LogP contribution in [0.4, 0.5) is 0 Å². The van der Waals surface area contributed by atoms with Crippen molar-refractivity contribution in [2.75, 3.05) is 19.6 Å². The van der Waals surface area contributed by atoms with Crippen LogP contribution in [0.3, 0.4) is 0 Å². The van der Waals surface area contributed by atoms with Crippen molar-refractivity contribution < 1.29 is 4.79 Å². The molecule has 2 aromatic rings. The molecule has 3 rings (SSSR count). The summed E-state index contributed by atoms with van der Waals surface area (Å²) in [5.74, 6) is -0.0445. The van der Waals surface area contributed by atoms with E-state index in [1.54, 1.807) is 12.1 Å². The highest BCUT2D eigenvalue weighted by Crippen LogP contribution is 2.20. The lowest BCUT2D eigenvalue weighted by Gasteiger charge is -2.41. The minimum atomic E-state index is -0.0445. The molecule has 0 spiro atoms. The van der Waals surface area contributed by atoms with Gasteiger partial charge in [-0.15, -0.1) is 0 Å². The van der Waals surface area contributed by atoms with Crippen LogP contribution < -0.4 is 5.32 Å². The number of benzene rings is 1. The van der Waals surface area contributed by atoms with Crippen molar-refractivity contribution in [1.29, 1.82) is 0 Å². The van der Waals surface area contributed by atoms with Crippen LogP contribution in [0.25, 0.3) is 10.9 Å². The van der Waals surface area contributed by atoms with E-state index in [1.165, 1.54) is 19.3 Å². The Labute approximate surface area is 148 Å². The third-order valence-corrected chi connectivity index (χ3v) is 5.02. The number of carbonyl (C=O) groups excluding carboxylic acids is 1. The maximum Gasteiger partial charge on any atom is 0.251 e. The van der Waals surface area contributed by atoms with Gasteiger partial charge < -0.3 is 5.32 Å². The molecule has 1 fully saturated rings. The van der Waals surface area contributed by atoms with Gasteiger partial charge in [-0.2, -0.15) is 0 Å². The number of hydrogen-bond donors (Lipinski definition) is 1. The summed E-state index contributed by atoms with van der Waals surface area (Å²) >= 11 is 5.90. The Balaban J connectivity index is 1.67. The Hall–Kier alpha value is -1.65. The monoisotopic (exact) mass is 345 g/mol. The van der Waals surface area contributed by atoms with E-state index in [4.69, 9.17) is 11.6 Å². The number of fused-ring (bicyclic) bond motifs is 1. The van der Waals surface area contributed by atoms with E-state index < -0.39 is 0 Å². The van der Waals surface area contributed by atoms with Gasteiger partial charge in [-0.3, -0.25) is 9.69 Å². The zero-order chi connectivity index (χ0) is 17.2. The van der Waals surface area contributed by atoms with Gasteiger partial charge >= 0.3 is 0 Å². The number of nitrogens with one attached hydrogen (secondary N) is 1. The third-order valence-electron chi connectivity index (χ3n) is 4.81. The Morgan fingerprint density at radius 2 is 1.96 bits per heavy atom. The Morgan fingerprint density at radius 1 is 1.21 bits per heavy atom. The van der Waals surface area contributed by atoms with Gasteiger partial charge in [0.1, 0.15) is 5.15 Å². The van der Waals surface area contributed by atoms with Crippen LogP contribution in [0.15, 0.2) is 30.3 Å². The highest BCUT2D eigenvalue weighted by Gasteiger charge is 2.28. The molecule has 5 heteroatoms. The smallest absolute Gasteiger partial charge is 0.251 e. The van der Waals surface area contributed by atoms with Crippen LogP contribution >= 0.6 is 11.6 Å². The minimum Gasteiger partial charge on any atom is -0.350 e. The van der Waals surface area contributed by atoms with Crippen molar-refractivity contribution in [2.24, 2.45) is 0 Å². The molecule has 2 heterocycles. The second-order valence-electron chi connectivity index (χ2n) is 7.08. The first-order chi connectivity index (χ1) is 11.5. The molecule has 1 saturated heterocycles. The predicted molar refractivity (Wildman–Crippen MR) is 98.6 cm³/mol. The number of rotatable bonds is 4. The van der Waals surface area contributed by atoms with Gasteiger partial charge in [-0.25, -0.2) is 4.98 Å². The van der Waals surface area contributed by atoms with E-state index in [9.17, 15) is 4.79 Å². The lowest BCUT2D eigenvalue weighted by Crippen LogP contribution is -2.53. The summed E-state index contributed by atoms with van der Waals surface area (Å²) in [6, 6.07) is 9.13. The Kier molecular flexibility index (Phi) is 5.07. The topological polar surface area (TPSA) is 45.2 Å². The first-order valence-electron chi connectivity index (χ1n) is 8.55. The fourth-order valence-corrected chi connectivity index (χ4v) is 3.41. The van der Waals surface area contributed by atoms with Gasteiger partial charge in [-0.05, 0) is 70.1 Å². The van der Waals surface area contributed by atoms with Crippen LogP contribution in [0, 0.1) is 0 Å². The second kappa shape index (κ2) is 7.08. The molecule has 1 amide bonds. The molecule has 1 aliphatic heterocycles. The summed E-state index contributed by atoms with van der Waals surface area (Å²) in [6.07, 6.45) is 3.81. The lowest BCUT2D eigenvalue weighted by atomic mass is 9.98. The average molecular weight is 346 g/mol. The molecule has 4 nitrogen and oxygen atoms in total. The molecule has 1 aromatic heterocycles. The molecular weight excluding hydrogens is 322 g/mol. The van der Waals surface area contributed by atoms with Gasteiger partial charge in [-0.1, -0.05) is 18.0 Å². The van der Waals surface area contributed by atoms with E-state index >= 15 is 0 Å². The number of pyridine rings is 1. The number of amides is 1. The van der Waals surface area contributed by atoms with Crippen molar-refractivity contribution in [3.63, 3.8) is 0 Å². The number of carbonyl (C=O) groups is 1. The highest BCUT2D eigenvalue weighted by atomic mass is 35.5. The summed E-state index contributed by atoms with van der Waals surface area (Å²) in [5, 5.41) is 4.47. The summed E-state index contributed by atoms with van der Waals surface area (Å²) in [4.78, 5) is 19.2. The van der Waals surface area contributed by atoms with E-state index in [0.717, 1.165) is 24.0 Å². The van der Waals surface area contributed by atoms with Crippen molar-refractivity contribution in [3.8, 4) is 0 Å². The number of hydrogen-bond acceptors (Lipinski definition) is 3. The fraction of sp³-hybridized carbons (Fsp3) is 0.474. The third kappa shape index (κ3) is 3.87. The van der Waals surface area contributed by atoms with Crippen LogP contribution in [0.1, 0.15) is 43.5 Å². The highest BCUT2D eigenvalue weighted by molar-refractivity contribution is 6.29. The summed E-state index contributed by atoms with van der Waals surface area (Å²) < 4.78 is 0. The molecule has 0 saturated carbocycles. The average Bonchev–Trinajstić information content (AvgIpc) is 2.60.